The predicted octanol–water partition coefficient (Wildman–Crippen LogP) is -1.89. The predicted molar refractivity (Wildman–Crippen MR) is 78.6 cm³/mol. The summed E-state index contributed by atoms with van der Waals surface area (Å²) in [5, 5.41) is 31.0. The number of nitrogens with zero attached hydrogens (tertiary/aromatic N) is 2. The van der Waals surface area contributed by atoms with Crippen molar-refractivity contribution in [1.29, 1.82) is 0 Å². The third-order valence-electron chi connectivity index (χ3n) is 3.23. The topological polar surface area (TPSA) is 134 Å². The van der Waals surface area contributed by atoms with E-state index in [9.17, 15) is 19.8 Å². The number of anilines is 1. The summed E-state index contributed by atoms with van der Waals surface area (Å²) in [6.07, 6.45) is -3.36. The molecule has 2 heterocycles. The molecular formula is C12H17N3O6S. The average Bonchev–Trinajstić information content (AvgIpc) is 2.75. The molecule has 0 saturated carbocycles. The fraction of sp³-hybridized carbons (Fsp3) is 0.583. The number of nitrogens with one attached hydrogen (secondary N) is 1. The van der Waals surface area contributed by atoms with E-state index >= 15 is 0 Å². The first-order valence-corrected chi connectivity index (χ1v) is 7.23. The molecule has 0 bridgehead atoms. The Bertz CT molecular complexity index is 594. The Kier molecular flexibility index (Phi) is 5.53. The molecule has 1 aromatic heterocycles. The van der Waals surface area contributed by atoms with Crippen molar-refractivity contribution in [2.24, 2.45) is 0 Å². The van der Waals surface area contributed by atoms with E-state index in [0.29, 0.717) is 5.75 Å². The lowest BCUT2D eigenvalue weighted by Gasteiger charge is -2.17. The van der Waals surface area contributed by atoms with Crippen molar-refractivity contribution in [3.05, 3.63) is 22.7 Å². The first kappa shape index (κ1) is 16.9. The summed E-state index contributed by atoms with van der Waals surface area (Å²) in [6.45, 7) is -0.491. The second-order valence-electron chi connectivity index (χ2n) is 4.75. The maximum atomic E-state index is 12.0. The van der Waals surface area contributed by atoms with E-state index in [-0.39, 0.29) is 18.1 Å². The Morgan fingerprint density at radius 1 is 1.45 bits per heavy atom. The fourth-order valence-electron chi connectivity index (χ4n) is 2.09. The summed E-state index contributed by atoms with van der Waals surface area (Å²) < 4.78 is 6.22. The highest BCUT2D eigenvalue weighted by atomic mass is 32.1. The van der Waals surface area contributed by atoms with Crippen molar-refractivity contribution >= 4 is 24.4 Å². The van der Waals surface area contributed by atoms with Crippen LogP contribution in [0.3, 0.4) is 0 Å². The molecular weight excluding hydrogens is 314 g/mol. The van der Waals surface area contributed by atoms with E-state index in [4.69, 9.17) is 9.84 Å². The molecule has 0 unspecified atom stereocenters. The van der Waals surface area contributed by atoms with Gasteiger partial charge in [0.25, 0.3) is 0 Å². The van der Waals surface area contributed by atoms with E-state index in [1.807, 2.05) is 0 Å². The van der Waals surface area contributed by atoms with Crippen LogP contribution in [0.25, 0.3) is 0 Å². The lowest BCUT2D eigenvalue weighted by atomic mass is 10.1. The maximum Gasteiger partial charge on any atom is 0.351 e. The van der Waals surface area contributed by atoms with Gasteiger partial charge in [-0.2, -0.15) is 17.6 Å². The number of thiol groups is 1. The van der Waals surface area contributed by atoms with Crippen LogP contribution in [0.2, 0.25) is 0 Å². The molecule has 1 aliphatic heterocycles. The first-order valence-electron chi connectivity index (χ1n) is 6.60. The summed E-state index contributed by atoms with van der Waals surface area (Å²) in [7, 11) is 0. The molecule has 22 heavy (non-hydrogen) atoms. The van der Waals surface area contributed by atoms with Gasteiger partial charge in [-0.05, 0) is 11.8 Å². The number of aliphatic hydroxyl groups is 3. The number of hydrogen-bond acceptors (Lipinski definition) is 8. The third-order valence-corrected chi connectivity index (χ3v) is 3.45. The van der Waals surface area contributed by atoms with Gasteiger partial charge in [0.15, 0.2) is 6.23 Å². The number of amides is 1. The SMILES string of the molecule is O=C(CCS)Nc1ccn([C@H]2O[C@H](CO)[C@@H](O)[C@@H]2O)c(=O)n1. The minimum atomic E-state index is -1.37. The van der Waals surface area contributed by atoms with Crippen LogP contribution in [0.15, 0.2) is 17.1 Å². The van der Waals surface area contributed by atoms with Gasteiger partial charge in [-0.1, -0.05) is 0 Å². The first-order chi connectivity index (χ1) is 10.5. The molecule has 10 heteroatoms. The number of aliphatic hydroxyl groups excluding tert-OH is 3. The Balaban J connectivity index is 2.17. The molecule has 122 valence electrons. The van der Waals surface area contributed by atoms with Crippen molar-refractivity contribution < 1.29 is 24.9 Å². The average molecular weight is 331 g/mol. The van der Waals surface area contributed by atoms with Crippen LogP contribution in [0.1, 0.15) is 12.6 Å². The van der Waals surface area contributed by atoms with Crippen LogP contribution < -0.4 is 11.0 Å². The van der Waals surface area contributed by atoms with Crippen LogP contribution in [-0.2, 0) is 9.53 Å². The second-order valence-corrected chi connectivity index (χ2v) is 5.20. The van der Waals surface area contributed by atoms with E-state index < -0.39 is 36.8 Å². The summed E-state index contributed by atoms with van der Waals surface area (Å²) in [6, 6.07) is 1.37. The van der Waals surface area contributed by atoms with Crippen LogP contribution in [0, 0.1) is 0 Å². The van der Waals surface area contributed by atoms with Gasteiger partial charge in [-0.25, -0.2) is 4.79 Å². The van der Waals surface area contributed by atoms with Crippen molar-refractivity contribution in [3.8, 4) is 0 Å². The van der Waals surface area contributed by atoms with Gasteiger partial charge in [0.05, 0.1) is 6.61 Å². The highest BCUT2D eigenvalue weighted by Gasteiger charge is 2.43. The molecule has 4 N–H and O–H groups in total. The number of aromatic nitrogens is 2. The maximum absolute atomic E-state index is 12.0. The molecule has 1 aromatic rings. The van der Waals surface area contributed by atoms with Crippen molar-refractivity contribution in [1.82, 2.24) is 9.55 Å². The molecule has 1 aliphatic rings. The van der Waals surface area contributed by atoms with Crippen LogP contribution in [0.5, 0.6) is 0 Å². The summed E-state index contributed by atoms with van der Waals surface area (Å²) >= 11 is 3.92. The van der Waals surface area contributed by atoms with Crippen molar-refractivity contribution in [3.63, 3.8) is 0 Å². The van der Waals surface area contributed by atoms with E-state index in [1.54, 1.807) is 0 Å². The lowest BCUT2D eigenvalue weighted by molar-refractivity contribution is -0.115. The Hall–Kier alpha value is -1.46. The lowest BCUT2D eigenvalue weighted by Crippen LogP contribution is -2.36. The molecule has 1 amide bonds. The number of carbonyl (C=O) groups excluding carboxylic acids is 1. The summed E-state index contributed by atoms with van der Waals surface area (Å²) in [5.74, 6) is 0.109. The molecule has 0 aromatic carbocycles. The van der Waals surface area contributed by atoms with Crippen LogP contribution in [-0.4, -0.2) is 61.4 Å². The van der Waals surface area contributed by atoms with Gasteiger partial charge in [0.2, 0.25) is 5.91 Å². The highest BCUT2D eigenvalue weighted by Crippen LogP contribution is 2.28. The van der Waals surface area contributed by atoms with Gasteiger partial charge in [-0.3, -0.25) is 9.36 Å². The monoisotopic (exact) mass is 331 g/mol. The molecule has 2 rings (SSSR count). The van der Waals surface area contributed by atoms with Gasteiger partial charge >= 0.3 is 5.69 Å². The fourth-order valence-corrected chi connectivity index (χ4v) is 2.30. The normalized spacial score (nSPS) is 27.8. The molecule has 0 radical (unpaired) electrons. The van der Waals surface area contributed by atoms with Crippen molar-refractivity contribution in [2.75, 3.05) is 17.7 Å². The molecule has 1 fully saturated rings. The Morgan fingerprint density at radius 2 is 2.18 bits per heavy atom. The number of rotatable bonds is 5. The highest BCUT2D eigenvalue weighted by molar-refractivity contribution is 7.80. The van der Waals surface area contributed by atoms with E-state index in [2.05, 4.69) is 22.9 Å². The summed E-state index contributed by atoms with van der Waals surface area (Å²) in [4.78, 5) is 27.0. The van der Waals surface area contributed by atoms with E-state index in [0.717, 1.165) is 4.57 Å². The molecule has 9 nitrogen and oxygen atoms in total. The second kappa shape index (κ2) is 7.20. The standard InChI is InChI=1S/C12H17N3O6S/c16-5-6-9(18)10(19)11(21-6)15-3-1-7(14-12(15)20)13-8(17)2-4-22/h1,3,6,9-11,16,18-19,22H,2,4-5H2,(H,13,14,17,20)/t6-,9-,10+,11+/m1/s1. The molecule has 0 aliphatic carbocycles. The zero-order valence-electron chi connectivity index (χ0n) is 11.5. The van der Waals surface area contributed by atoms with Gasteiger partial charge < -0.3 is 25.4 Å². The summed E-state index contributed by atoms with van der Waals surface area (Å²) in [5.41, 5.74) is -0.765. The van der Waals surface area contributed by atoms with E-state index in [1.165, 1.54) is 12.3 Å². The molecule has 4 atom stereocenters. The smallest absolute Gasteiger partial charge is 0.351 e. The zero-order valence-corrected chi connectivity index (χ0v) is 12.4. The number of carbonyl (C=O) groups is 1. The van der Waals surface area contributed by atoms with Crippen LogP contribution >= 0.6 is 12.6 Å². The largest absolute Gasteiger partial charge is 0.394 e. The number of ether oxygens (including phenoxy) is 1. The van der Waals surface area contributed by atoms with Gasteiger partial charge in [-0.15, -0.1) is 0 Å². The third kappa shape index (κ3) is 3.47. The van der Waals surface area contributed by atoms with Gasteiger partial charge in [0.1, 0.15) is 24.1 Å². The Morgan fingerprint density at radius 3 is 2.73 bits per heavy atom. The molecule has 1 saturated heterocycles. The quantitative estimate of drug-likeness (QED) is 0.398. The van der Waals surface area contributed by atoms with Crippen LogP contribution in [0.4, 0.5) is 5.82 Å². The minimum absolute atomic E-state index is 0.0692. The van der Waals surface area contributed by atoms with Crippen molar-refractivity contribution in [2.45, 2.75) is 31.0 Å². The molecule has 0 spiro atoms. The zero-order chi connectivity index (χ0) is 16.3. The Labute approximate surface area is 131 Å². The minimum Gasteiger partial charge on any atom is -0.394 e. The number of hydrogen-bond donors (Lipinski definition) is 5. The van der Waals surface area contributed by atoms with Gasteiger partial charge in [0, 0.05) is 12.6 Å².